The van der Waals surface area contributed by atoms with Crippen LogP contribution < -0.4 is 4.90 Å². The first kappa shape index (κ1) is 18.7. The van der Waals surface area contributed by atoms with E-state index in [1.54, 1.807) is 34.9 Å². The summed E-state index contributed by atoms with van der Waals surface area (Å²) in [5, 5.41) is 0.723. The van der Waals surface area contributed by atoms with E-state index < -0.39 is 6.04 Å². The molecule has 136 valence electrons. The van der Waals surface area contributed by atoms with Gasteiger partial charge in [0.15, 0.2) is 0 Å². The standard InChI is InChI=1S/C20H20Cl2N2O2/c1-3-14-6-4-5-7-18(14)24-11-10-23(13(2)19(24)25)20(26)15-8-9-16(21)17(22)12-15/h4-9,12-13H,3,10-11H2,1-2H3. The summed E-state index contributed by atoms with van der Waals surface area (Å²) in [5.41, 5.74) is 2.48. The maximum absolute atomic E-state index is 12.9. The zero-order chi connectivity index (χ0) is 18.8. The van der Waals surface area contributed by atoms with Gasteiger partial charge in [0.25, 0.3) is 5.91 Å². The van der Waals surface area contributed by atoms with Gasteiger partial charge in [-0.05, 0) is 43.2 Å². The number of benzene rings is 2. The summed E-state index contributed by atoms with van der Waals surface area (Å²) in [6.07, 6.45) is 0.847. The fourth-order valence-electron chi connectivity index (χ4n) is 3.26. The maximum atomic E-state index is 12.9. The molecule has 1 aliphatic rings. The van der Waals surface area contributed by atoms with Gasteiger partial charge in [0.05, 0.1) is 10.0 Å². The number of anilines is 1. The van der Waals surface area contributed by atoms with Gasteiger partial charge in [0.2, 0.25) is 5.91 Å². The van der Waals surface area contributed by atoms with E-state index in [0.29, 0.717) is 28.7 Å². The average Bonchev–Trinajstić information content (AvgIpc) is 2.65. The lowest BCUT2D eigenvalue weighted by molar-refractivity contribution is -0.124. The Kier molecular flexibility index (Phi) is 5.54. The van der Waals surface area contributed by atoms with E-state index in [2.05, 4.69) is 6.92 Å². The Morgan fingerprint density at radius 3 is 2.54 bits per heavy atom. The number of nitrogens with zero attached hydrogens (tertiary/aromatic N) is 2. The molecular formula is C20H20Cl2N2O2. The molecule has 1 unspecified atom stereocenters. The topological polar surface area (TPSA) is 40.6 Å². The molecule has 26 heavy (non-hydrogen) atoms. The third kappa shape index (κ3) is 3.44. The summed E-state index contributed by atoms with van der Waals surface area (Å²) in [4.78, 5) is 29.2. The Balaban J connectivity index is 1.83. The molecule has 0 spiro atoms. The van der Waals surface area contributed by atoms with E-state index in [0.717, 1.165) is 17.7 Å². The van der Waals surface area contributed by atoms with Gasteiger partial charge in [-0.25, -0.2) is 0 Å². The number of hydrogen-bond acceptors (Lipinski definition) is 2. The van der Waals surface area contributed by atoms with Crippen molar-refractivity contribution in [2.24, 2.45) is 0 Å². The lowest BCUT2D eigenvalue weighted by atomic mass is 10.1. The van der Waals surface area contributed by atoms with Crippen molar-refractivity contribution in [3.05, 3.63) is 63.6 Å². The van der Waals surface area contributed by atoms with Crippen LogP contribution in [0, 0.1) is 0 Å². The molecule has 1 fully saturated rings. The van der Waals surface area contributed by atoms with Gasteiger partial charge in [-0.2, -0.15) is 0 Å². The zero-order valence-electron chi connectivity index (χ0n) is 14.7. The first-order chi connectivity index (χ1) is 12.4. The normalized spacial score (nSPS) is 17.5. The van der Waals surface area contributed by atoms with Gasteiger partial charge in [-0.1, -0.05) is 48.3 Å². The molecule has 0 aromatic heterocycles. The largest absolute Gasteiger partial charge is 0.325 e. The van der Waals surface area contributed by atoms with Gasteiger partial charge in [0, 0.05) is 24.3 Å². The van der Waals surface area contributed by atoms with E-state index in [9.17, 15) is 9.59 Å². The monoisotopic (exact) mass is 390 g/mol. The highest BCUT2D eigenvalue weighted by atomic mass is 35.5. The lowest BCUT2D eigenvalue weighted by Crippen LogP contribution is -2.58. The van der Waals surface area contributed by atoms with E-state index in [4.69, 9.17) is 23.2 Å². The highest BCUT2D eigenvalue weighted by Gasteiger charge is 2.35. The van der Waals surface area contributed by atoms with Gasteiger partial charge in [0.1, 0.15) is 6.04 Å². The van der Waals surface area contributed by atoms with E-state index in [-0.39, 0.29) is 11.8 Å². The minimum atomic E-state index is -0.546. The van der Waals surface area contributed by atoms with Crippen molar-refractivity contribution in [2.75, 3.05) is 18.0 Å². The number of rotatable bonds is 3. The van der Waals surface area contributed by atoms with Gasteiger partial charge < -0.3 is 9.80 Å². The van der Waals surface area contributed by atoms with Crippen LogP contribution in [0.1, 0.15) is 29.8 Å². The average molecular weight is 391 g/mol. The van der Waals surface area contributed by atoms with Crippen LogP contribution >= 0.6 is 23.2 Å². The number of carbonyl (C=O) groups is 2. The molecule has 3 rings (SSSR count). The predicted molar refractivity (Wildman–Crippen MR) is 105 cm³/mol. The third-order valence-electron chi connectivity index (χ3n) is 4.75. The minimum Gasteiger partial charge on any atom is -0.325 e. The molecule has 2 aromatic carbocycles. The van der Waals surface area contributed by atoms with Crippen LogP contribution in [-0.2, 0) is 11.2 Å². The number of piperazine rings is 1. The molecule has 0 radical (unpaired) electrons. The smallest absolute Gasteiger partial charge is 0.254 e. The van der Waals surface area contributed by atoms with Crippen LogP contribution in [0.25, 0.3) is 0 Å². The second kappa shape index (κ2) is 7.68. The number of amides is 2. The van der Waals surface area contributed by atoms with Crippen LogP contribution in [0.2, 0.25) is 10.0 Å². The fraction of sp³-hybridized carbons (Fsp3) is 0.300. The minimum absolute atomic E-state index is 0.0782. The molecule has 4 nitrogen and oxygen atoms in total. The first-order valence-electron chi connectivity index (χ1n) is 8.59. The Hall–Kier alpha value is -2.04. The molecule has 1 aliphatic heterocycles. The molecule has 2 aromatic rings. The van der Waals surface area contributed by atoms with Gasteiger partial charge in [-0.3, -0.25) is 9.59 Å². The Morgan fingerprint density at radius 2 is 1.85 bits per heavy atom. The number of carbonyl (C=O) groups excluding carboxylic acids is 2. The Bertz CT molecular complexity index is 853. The van der Waals surface area contributed by atoms with E-state index >= 15 is 0 Å². The Morgan fingerprint density at radius 1 is 1.12 bits per heavy atom. The van der Waals surface area contributed by atoms with Crippen molar-refractivity contribution in [2.45, 2.75) is 26.3 Å². The zero-order valence-corrected chi connectivity index (χ0v) is 16.2. The van der Waals surface area contributed by atoms with Crippen molar-refractivity contribution < 1.29 is 9.59 Å². The summed E-state index contributed by atoms with van der Waals surface area (Å²) in [5.74, 6) is -0.293. The molecule has 0 N–H and O–H groups in total. The molecule has 0 saturated carbocycles. The van der Waals surface area contributed by atoms with Crippen LogP contribution in [-0.4, -0.2) is 35.8 Å². The first-order valence-corrected chi connectivity index (χ1v) is 9.35. The second-order valence-electron chi connectivity index (χ2n) is 6.28. The van der Waals surface area contributed by atoms with Crippen molar-refractivity contribution in [3.8, 4) is 0 Å². The number of aryl methyl sites for hydroxylation is 1. The molecule has 1 atom stereocenters. The molecule has 6 heteroatoms. The van der Waals surface area contributed by atoms with Crippen molar-refractivity contribution in [1.82, 2.24) is 4.90 Å². The summed E-state index contributed by atoms with van der Waals surface area (Å²) < 4.78 is 0. The summed E-state index contributed by atoms with van der Waals surface area (Å²) in [6, 6.07) is 12.1. The lowest BCUT2D eigenvalue weighted by Gasteiger charge is -2.39. The molecule has 0 aliphatic carbocycles. The van der Waals surface area contributed by atoms with Crippen molar-refractivity contribution >= 4 is 40.7 Å². The van der Waals surface area contributed by atoms with Crippen molar-refractivity contribution in [3.63, 3.8) is 0 Å². The van der Waals surface area contributed by atoms with Crippen LogP contribution in [0.15, 0.2) is 42.5 Å². The molecule has 2 amide bonds. The van der Waals surface area contributed by atoms with Crippen LogP contribution in [0.4, 0.5) is 5.69 Å². The van der Waals surface area contributed by atoms with Crippen LogP contribution in [0.3, 0.4) is 0 Å². The molecule has 1 heterocycles. The quantitative estimate of drug-likeness (QED) is 0.777. The Labute approximate surface area is 163 Å². The maximum Gasteiger partial charge on any atom is 0.254 e. The molecule has 1 saturated heterocycles. The predicted octanol–water partition coefficient (Wildman–Crippen LogP) is 4.43. The highest BCUT2D eigenvalue weighted by molar-refractivity contribution is 6.42. The number of para-hydroxylation sites is 1. The number of hydrogen-bond donors (Lipinski definition) is 0. The van der Waals surface area contributed by atoms with E-state index in [1.165, 1.54) is 0 Å². The summed E-state index contributed by atoms with van der Waals surface area (Å²) >= 11 is 11.9. The summed E-state index contributed by atoms with van der Waals surface area (Å²) in [6.45, 7) is 4.76. The SMILES string of the molecule is CCc1ccccc1N1CCN(C(=O)c2ccc(Cl)c(Cl)c2)C(C)C1=O. The summed E-state index contributed by atoms with van der Waals surface area (Å²) in [7, 11) is 0. The fourth-order valence-corrected chi connectivity index (χ4v) is 3.55. The highest BCUT2D eigenvalue weighted by Crippen LogP contribution is 2.27. The molecular weight excluding hydrogens is 371 g/mol. The van der Waals surface area contributed by atoms with Gasteiger partial charge in [-0.15, -0.1) is 0 Å². The second-order valence-corrected chi connectivity index (χ2v) is 7.09. The molecule has 0 bridgehead atoms. The number of halogens is 2. The third-order valence-corrected chi connectivity index (χ3v) is 5.49. The van der Waals surface area contributed by atoms with Gasteiger partial charge >= 0.3 is 0 Å². The van der Waals surface area contributed by atoms with E-state index in [1.807, 2.05) is 24.3 Å². The van der Waals surface area contributed by atoms with Crippen LogP contribution in [0.5, 0.6) is 0 Å². The van der Waals surface area contributed by atoms with Crippen molar-refractivity contribution in [1.29, 1.82) is 0 Å².